The van der Waals surface area contributed by atoms with Crippen LogP contribution in [-0.4, -0.2) is 22.3 Å². The van der Waals surface area contributed by atoms with E-state index in [4.69, 9.17) is 10.00 Å². The maximum absolute atomic E-state index is 12.1. The van der Waals surface area contributed by atoms with Crippen LogP contribution in [-0.2, 0) is 4.79 Å². The summed E-state index contributed by atoms with van der Waals surface area (Å²) >= 11 is 1.22. The molecule has 2 aromatic rings. The lowest BCUT2D eigenvalue weighted by Gasteiger charge is -2.08. The van der Waals surface area contributed by atoms with E-state index in [1.54, 1.807) is 18.4 Å². The minimum absolute atomic E-state index is 0.00661. The molecule has 0 fully saturated rings. The molecule has 0 bridgehead atoms. The number of rotatable bonds is 6. The molecule has 0 aliphatic heterocycles. The van der Waals surface area contributed by atoms with Gasteiger partial charge in [-0.05, 0) is 13.0 Å². The molecule has 1 atom stereocenters. The second-order valence-corrected chi connectivity index (χ2v) is 5.26. The van der Waals surface area contributed by atoms with Gasteiger partial charge in [0, 0.05) is 17.1 Å². The van der Waals surface area contributed by atoms with Crippen LogP contribution >= 0.6 is 11.3 Å². The topological polar surface area (TPSA) is 106 Å². The average Bonchev–Trinajstić information content (AvgIpc) is 2.92. The van der Waals surface area contributed by atoms with Crippen LogP contribution in [0.25, 0.3) is 0 Å². The maximum atomic E-state index is 12.1. The summed E-state index contributed by atoms with van der Waals surface area (Å²) in [6.45, 7) is 1.34. The summed E-state index contributed by atoms with van der Waals surface area (Å²) in [5, 5.41) is 22.1. The van der Waals surface area contributed by atoms with E-state index in [1.165, 1.54) is 29.5 Å². The Labute approximate surface area is 129 Å². The van der Waals surface area contributed by atoms with E-state index in [2.05, 4.69) is 4.98 Å². The van der Waals surface area contributed by atoms with Crippen LogP contribution in [0.5, 0.6) is 5.75 Å². The highest BCUT2D eigenvalue weighted by Gasteiger charge is 2.24. The Hall–Kier alpha value is -2.79. The van der Waals surface area contributed by atoms with Gasteiger partial charge in [0.15, 0.2) is 17.5 Å². The molecule has 0 N–H and O–H groups in total. The van der Waals surface area contributed by atoms with Crippen molar-refractivity contribution in [3.8, 4) is 11.8 Å². The zero-order chi connectivity index (χ0) is 16.1. The van der Waals surface area contributed by atoms with Crippen molar-refractivity contribution < 1.29 is 14.5 Å². The van der Waals surface area contributed by atoms with Crippen molar-refractivity contribution in [1.29, 1.82) is 5.26 Å². The lowest BCUT2D eigenvalue weighted by Crippen LogP contribution is -2.19. The Morgan fingerprint density at radius 1 is 1.55 bits per heavy atom. The van der Waals surface area contributed by atoms with Gasteiger partial charge >= 0.3 is 5.69 Å². The fraction of sp³-hybridized carbons (Fsp3) is 0.214. The molecule has 2 rings (SSSR count). The number of Topliss-reactive ketones (excluding diaryl/α,β-unsaturated/α-hetero) is 1. The number of hydrogen-bond acceptors (Lipinski definition) is 7. The van der Waals surface area contributed by atoms with Gasteiger partial charge in [0.1, 0.15) is 11.6 Å². The summed E-state index contributed by atoms with van der Waals surface area (Å²) in [4.78, 5) is 26.5. The third-order valence-electron chi connectivity index (χ3n) is 2.77. The van der Waals surface area contributed by atoms with E-state index >= 15 is 0 Å². The second kappa shape index (κ2) is 6.78. The highest BCUT2D eigenvalue weighted by molar-refractivity contribution is 7.09. The predicted octanol–water partition coefficient (Wildman–Crippen LogP) is 2.62. The van der Waals surface area contributed by atoms with E-state index in [0.717, 1.165) is 5.69 Å². The number of carbonyl (C=O) groups is 1. The molecule has 1 aromatic heterocycles. The van der Waals surface area contributed by atoms with Gasteiger partial charge in [0.25, 0.3) is 0 Å². The van der Waals surface area contributed by atoms with Gasteiger partial charge in [-0.15, -0.1) is 11.3 Å². The Balaban J connectivity index is 2.10. The number of thiazole rings is 1. The largest absolute Gasteiger partial charge is 0.479 e. The molecule has 0 amide bonds. The minimum Gasteiger partial charge on any atom is -0.479 e. The highest BCUT2D eigenvalue weighted by atomic mass is 32.1. The maximum Gasteiger partial charge on any atom is 0.310 e. The number of ketones is 1. The fourth-order valence-electron chi connectivity index (χ4n) is 1.73. The first-order valence-electron chi connectivity index (χ1n) is 6.23. The molecule has 112 valence electrons. The number of aryl methyl sites for hydroxylation is 1. The predicted molar refractivity (Wildman–Crippen MR) is 78.8 cm³/mol. The number of nitro groups is 1. The summed E-state index contributed by atoms with van der Waals surface area (Å²) in [5.74, 6) is -1.52. The number of aromatic nitrogens is 1. The Morgan fingerprint density at radius 2 is 2.27 bits per heavy atom. The molecular formula is C14H11N3O4S. The first-order valence-corrected chi connectivity index (χ1v) is 7.11. The van der Waals surface area contributed by atoms with E-state index < -0.39 is 23.2 Å². The number of para-hydroxylation sites is 2. The van der Waals surface area contributed by atoms with Crippen LogP contribution in [0.15, 0.2) is 29.6 Å². The zero-order valence-corrected chi connectivity index (χ0v) is 12.4. The zero-order valence-electron chi connectivity index (χ0n) is 11.6. The van der Waals surface area contributed by atoms with Crippen LogP contribution in [0.4, 0.5) is 5.69 Å². The number of nitriles is 1. The number of nitro benzene ring substituents is 1. The van der Waals surface area contributed by atoms with Crippen LogP contribution in [0, 0.1) is 28.4 Å². The Kier molecular flexibility index (Phi) is 4.80. The number of benzene rings is 1. The summed E-state index contributed by atoms with van der Waals surface area (Å²) in [6.07, 6.45) is 0. The Morgan fingerprint density at radius 3 is 2.86 bits per heavy atom. The van der Waals surface area contributed by atoms with Crippen molar-refractivity contribution >= 4 is 22.8 Å². The fourth-order valence-corrected chi connectivity index (χ4v) is 2.59. The molecule has 7 nitrogen and oxygen atoms in total. The van der Waals surface area contributed by atoms with Crippen molar-refractivity contribution in [2.45, 2.75) is 12.8 Å². The van der Waals surface area contributed by atoms with Gasteiger partial charge in [0.2, 0.25) is 0 Å². The first kappa shape index (κ1) is 15.6. The first-order chi connectivity index (χ1) is 10.5. The molecular weight excluding hydrogens is 306 g/mol. The van der Waals surface area contributed by atoms with Crippen molar-refractivity contribution in [3.63, 3.8) is 0 Å². The van der Waals surface area contributed by atoms with Crippen LogP contribution in [0.3, 0.4) is 0 Å². The van der Waals surface area contributed by atoms with Crippen molar-refractivity contribution in [3.05, 3.63) is 50.5 Å². The smallest absolute Gasteiger partial charge is 0.310 e. The highest BCUT2D eigenvalue weighted by Crippen LogP contribution is 2.27. The molecule has 22 heavy (non-hydrogen) atoms. The molecule has 0 radical (unpaired) electrons. The standard InChI is InChI=1S/C14H11N3O4S/c1-9-8-22-14(16-9)10(6-15)12(18)7-21-13-5-3-2-4-11(13)17(19)20/h2-5,8,10H,7H2,1H3. The van der Waals surface area contributed by atoms with Gasteiger partial charge in [-0.1, -0.05) is 12.1 Å². The van der Waals surface area contributed by atoms with Gasteiger partial charge in [-0.25, -0.2) is 4.98 Å². The molecule has 0 aliphatic carbocycles. The molecule has 0 saturated heterocycles. The molecule has 1 unspecified atom stereocenters. The molecule has 0 saturated carbocycles. The molecule has 0 spiro atoms. The van der Waals surface area contributed by atoms with Crippen LogP contribution in [0.1, 0.15) is 16.6 Å². The second-order valence-electron chi connectivity index (χ2n) is 4.37. The van der Waals surface area contributed by atoms with Crippen LogP contribution in [0.2, 0.25) is 0 Å². The molecule has 0 aliphatic rings. The van der Waals surface area contributed by atoms with Gasteiger partial charge in [-0.2, -0.15) is 5.26 Å². The van der Waals surface area contributed by atoms with Gasteiger partial charge in [-0.3, -0.25) is 14.9 Å². The molecule has 1 aromatic carbocycles. The normalized spacial score (nSPS) is 11.5. The number of ether oxygens (including phenoxy) is 1. The third kappa shape index (κ3) is 3.45. The monoisotopic (exact) mass is 317 g/mol. The van der Waals surface area contributed by atoms with Crippen molar-refractivity contribution in [2.24, 2.45) is 0 Å². The third-order valence-corrected chi connectivity index (χ3v) is 3.79. The van der Waals surface area contributed by atoms with E-state index in [9.17, 15) is 14.9 Å². The van der Waals surface area contributed by atoms with Gasteiger partial charge < -0.3 is 4.74 Å². The number of hydrogen-bond donors (Lipinski definition) is 0. The molecule has 1 heterocycles. The summed E-state index contributed by atoms with van der Waals surface area (Å²) in [5.41, 5.74) is 0.501. The number of nitrogens with zero attached hydrogens (tertiary/aromatic N) is 3. The minimum atomic E-state index is -1.03. The lowest BCUT2D eigenvalue weighted by atomic mass is 10.1. The molecule has 8 heteroatoms. The Bertz CT molecular complexity index is 751. The van der Waals surface area contributed by atoms with Gasteiger partial charge in [0.05, 0.1) is 11.0 Å². The summed E-state index contributed by atoms with van der Waals surface area (Å²) in [7, 11) is 0. The van der Waals surface area contributed by atoms with E-state index in [-0.39, 0.29) is 11.4 Å². The lowest BCUT2D eigenvalue weighted by molar-refractivity contribution is -0.385. The average molecular weight is 317 g/mol. The van der Waals surface area contributed by atoms with Crippen molar-refractivity contribution in [2.75, 3.05) is 6.61 Å². The summed E-state index contributed by atoms with van der Waals surface area (Å²) in [6, 6.07) is 7.65. The number of carbonyl (C=O) groups excluding carboxylic acids is 1. The van der Waals surface area contributed by atoms with Crippen molar-refractivity contribution in [1.82, 2.24) is 4.98 Å². The van der Waals surface area contributed by atoms with E-state index in [0.29, 0.717) is 5.01 Å². The summed E-state index contributed by atoms with van der Waals surface area (Å²) < 4.78 is 5.21. The van der Waals surface area contributed by atoms with E-state index in [1.807, 2.05) is 6.07 Å². The van der Waals surface area contributed by atoms with Crippen LogP contribution < -0.4 is 4.74 Å². The SMILES string of the molecule is Cc1csc(C(C#N)C(=O)COc2ccccc2[N+](=O)[O-])n1. The quantitative estimate of drug-likeness (QED) is 0.599.